The van der Waals surface area contributed by atoms with Gasteiger partial charge in [-0.05, 0) is 36.6 Å². The molecule has 0 saturated carbocycles. The molecule has 0 amide bonds. The van der Waals surface area contributed by atoms with Crippen LogP contribution < -0.4 is 15.0 Å². The van der Waals surface area contributed by atoms with E-state index in [-0.39, 0.29) is 17.9 Å². The first kappa shape index (κ1) is 19.1. The molecule has 2 N–H and O–H groups in total. The number of hydrogen-bond acceptors (Lipinski definition) is 4. The number of methoxy groups -OCH3 is 1. The Morgan fingerprint density at radius 2 is 1.85 bits per heavy atom. The summed E-state index contributed by atoms with van der Waals surface area (Å²) < 4.78 is 32.3. The summed E-state index contributed by atoms with van der Waals surface area (Å²) >= 11 is 0. The molecule has 142 valence electrons. The van der Waals surface area contributed by atoms with Gasteiger partial charge in [-0.1, -0.05) is 36.4 Å². The minimum Gasteiger partial charge on any atom is -0.495 e. The Morgan fingerprint density at radius 1 is 1.11 bits per heavy atom. The number of rotatable bonds is 7. The fourth-order valence-corrected chi connectivity index (χ4v) is 4.14. The molecule has 2 aromatic carbocycles. The van der Waals surface area contributed by atoms with Crippen molar-refractivity contribution in [2.45, 2.75) is 19.1 Å². The van der Waals surface area contributed by atoms with Crippen molar-refractivity contribution in [2.75, 3.05) is 13.7 Å². The maximum Gasteiger partial charge on any atom is 0.251 e. The predicted molar refractivity (Wildman–Crippen MR) is 107 cm³/mol. The molecule has 7 heteroatoms. The highest BCUT2D eigenvalue weighted by Crippen LogP contribution is 2.25. The van der Waals surface area contributed by atoms with Crippen molar-refractivity contribution in [1.82, 2.24) is 9.71 Å². The average molecular weight is 386 g/mol. The van der Waals surface area contributed by atoms with Crippen LogP contribution in [0.15, 0.2) is 53.3 Å². The van der Waals surface area contributed by atoms with Crippen LogP contribution >= 0.6 is 0 Å². The van der Waals surface area contributed by atoms with E-state index in [0.29, 0.717) is 23.3 Å². The van der Waals surface area contributed by atoms with E-state index in [2.05, 4.69) is 9.71 Å². The van der Waals surface area contributed by atoms with Gasteiger partial charge in [-0.15, -0.1) is 0 Å². The Morgan fingerprint density at radius 3 is 2.56 bits per heavy atom. The third kappa shape index (κ3) is 4.56. The van der Waals surface area contributed by atoms with Gasteiger partial charge in [-0.25, -0.2) is 13.1 Å². The van der Waals surface area contributed by atoms with Gasteiger partial charge in [0, 0.05) is 17.5 Å². The van der Waals surface area contributed by atoms with Crippen LogP contribution in [-0.4, -0.2) is 27.1 Å². The first-order valence-electron chi connectivity index (χ1n) is 8.60. The molecule has 1 heterocycles. The second-order valence-electron chi connectivity index (χ2n) is 6.39. The fraction of sp³-hybridized carbons (Fsp3) is 0.250. The summed E-state index contributed by atoms with van der Waals surface area (Å²) in [7, 11) is -1.91. The number of pyridine rings is 1. The molecule has 0 aliphatic carbocycles. The van der Waals surface area contributed by atoms with E-state index < -0.39 is 10.0 Å². The predicted octanol–water partition coefficient (Wildman–Crippen LogP) is 2.51. The van der Waals surface area contributed by atoms with E-state index in [1.54, 1.807) is 37.4 Å². The van der Waals surface area contributed by atoms with Gasteiger partial charge in [0.1, 0.15) is 5.75 Å². The number of H-pyrrole nitrogens is 1. The van der Waals surface area contributed by atoms with Crippen LogP contribution in [0.3, 0.4) is 0 Å². The van der Waals surface area contributed by atoms with E-state index in [4.69, 9.17) is 4.74 Å². The summed E-state index contributed by atoms with van der Waals surface area (Å²) in [6.07, 6.45) is 0.302. The normalized spacial score (nSPS) is 11.6. The molecule has 3 aromatic rings. The number of hydrogen-bond donors (Lipinski definition) is 2. The zero-order valence-electron chi connectivity index (χ0n) is 15.3. The highest BCUT2D eigenvalue weighted by atomic mass is 32.2. The lowest BCUT2D eigenvalue weighted by Gasteiger charge is -2.10. The Hall–Kier alpha value is -2.64. The van der Waals surface area contributed by atoms with Crippen LogP contribution in [-0.2, 0) is 22.2 Å². The van der Waals surface area contributed by atoms with Crippen molar-refractivity contribution < 1.29 is 13.2 Å². The van der Waals surface area contributed by atoms with E-state index in [9.17, 15) is 13.2 Å². The minimum absolute atomic E-state index is 0.0851. The number of benzene rings is 2. The molecular formula is C20H22N2O4S. The number of aryl methyl sites for hydroxylation is 1. The van der Waals surface area contributed by atoms with Crippen LogP contribution in [0, 0.1) is 6.92 Å². The van der Waals surface area contributed by atoms with Crippen molar-refractivity contribution in [2.24, 2.45) is 0 Å². The summed E-state index contributed by atoms with van der Waals surface area (Å²) in [6, 6.07) is 14.5. The lowest BCUT2D eigenvalue weighted by Crippen LogP contribution is -2.28. The van der Waals surface area contributed by atoms with Crippen LogP contribution in [0.5, 0.6) is 5.75 Å². The van der Waals surface area contributed by atoms with E-state index in [1.807, 2.05) is 25.1 Å². The zero-order chi connectivity index (χ0) is 19.4. The number of nitrogens with one attached hydrogen (secondary N) is 2. The van der Waals surface area contributed by atoms with Crippen LogP contribution in [0.25, 0.3) is 10.9 Å². The van der Waals surface area contributed by atoms with E-state index in [0.717, 1.165) is 16.5 Å². The third-order valence-corrected chi connectivity index (χ3v) is 5.77. The number of aromatic nitrogens is 1. The maximum atomic E-state index is 12.4. The van der Waals surface area contributed by atoms with Crippen molar-refractivity contribution in [3.8, 4) is 5.75 Å². The molecule has 0 radical (unpaired) electrons. The standard InChI is InChI=1S/C20H22N2O4S/c1-14-8-9-18(26-2)19-17(14)12-16(20(23)22-19)10-11-21-27(24,25)13-15-6-4-3-5-7-15/h3-9,12,21H,10-11,13H2,1-2H3,(H,22,23). The van der Waals surface area contributed by atoms with Crippen molar-refractivity contribution in [1.29, 1.82) is 0 Å². The van der Waals surface area contributed by atoms with Crippen LogP contribution in [0.4, 0.5) is 0 Å². The van der Waals surface area contributed by atoms with E-state index >= 15 is 0 Å². The molecule has 0 aliphatic rings. The second-order valence-corrected chi connectivity index (χ2v) is 8.19. The molecule has 27 heavy (non-hydrogen) atoms. The largest absolute Gasteiger partial charge is 0.495 e. The van der Waals surface area contributed by atoms with Crippen molar-refractivity contribution in [3.05, 3.63) is 75.6 Å². The summed E-state index contributed by atoms with van der Waals surface area (Å²) in [5, 5.41) is 0.885. The molecule has 3 rings (SSSR count). The molecule has 0 fully saturated rings. The van der Waals surface area contributed by atoms with Gasteiger partial charge < -0.3 is 9.72 Å². The van der Waals surface area contributed by atoms with Gasteiger partial charge in [0.15, 0.2) is 0 Å². The summed E-state index contributed by atoms with van der Waals surface area (Å²) in [5.41, 5.74) is 2.66. The second kappa shape index (κ2) is 7.94. The molecule has 0 bridgehead atoms. The molecular weight excluding hydrogens is 364 g/mol. The highest BCUT2D eigenvalue weighted by molar-refractivity contribution is 7.88. The van der Waals surface area contributed by atoms with Crippen LogP contribution in [0.1, 0.15) is 16.7 Å². The Bertz CT molecular complexity index is 1110. The first-order valence-corrected chi connectivity index (χ1v) is 10.3. The van der Waals surface area contributed by atoms with Crippen molar-refractivity contribution in [3.63, 3.8) is 0 Å². The molecule has 0 saturated heterocycles. The third-order valence-electron chi connectivity index (χ3n) is 4.41. The summed E-state index contributed by atoms with van der Waals surface area (Å²) in [6.45, 7) is 2.11. The highest BCUT2D eigenvalue weighted by Gasteiger charge is 2.13. The van der Waals surface area contributed by atoms with E-state index in [1.165, 1.54) is 0 Å². The van der Waals surface area contributed by atoms with Gasteiger partial charge in [0.2, 0.25) is 10.0 Å². The fourth-order valence-electron chi connectivity index (χ4n) is 2.99. The van der Waals surface area contributed by atoms with Crippen LogP contribution in [0.2, 0.25) is 0 Å². The lowest BCUT2D eigenvalue weighted by atomic mass is 10.1. The number of aromatic amines is 1. The maximum absolute atomic E-state index is 12.4. The van der Waals surface area contributed by atoms with Gasteiger partial charge in [0.25, 0.3) is 5.56 Å². The van der Waals surface area contributed by atoms with Crippen molar-refractivity contribution >= 4 is 20.9 Å². The zero-order valence-corrected chi connectivity index (χ0v) is 16.1. The topological polar surface area (TPSA) is 88.3 Å². The number of fused-ring (bicyclic) bond motifs is 1. The van der Waals surface area contributed by atoms with Gasteiger partial charge in [-0.3, -0.25) is 4.79 Å². The average Bonchev–Trinajstić information content (AvgIpc) is 2.63. The number of sulfonamides is 1. The monoisotopic (exact) mass is 386 g/mol. The quantitative estimate of drug-likeness (QED) is 0.653. The summed E-state index contributed by atoms with van der Waals surface area (Å²) in [5.74, 6) is 0.515. The molecule has 0 atom stereocenters. The van der Waals surface area contributed by atoms with Gasteiger partial charge in [-0.2, -0.15) is 0 Å². The number of ether oxygens (including phenoxy) is 1. The first-order chi connectivity index (χ1) is 12.9. The smallest absolute Gasteiger partial charge is 0.251 e. The Balaban J connectivity index is 1.74. The SMILES string of the molecule is COc1ccc(C)c2cc(CCNS(=O)(=O)Cc3ccccc3)c(=O)[nH]c12. The Kier molecular flexibility index (Phi) is 5.62. The molecule has 0 spiro atoms. The molecule has 0 unspecified atom stereocenters. The molecule has 0 aliphatic heterocycles. The summed E-state index contributed by atoms with van der Waals surface area (Å²) in [4.78, 5) is 15.2. The lowest BCUT2D eigenvalue weighted by molar-refractivity contribution is 0.418. The van der Waals surface area contributed by atoms with Gasteiger partial charge >= 0.3 is 0 Å². The Labute approximate surface area is 158 Å². The molecule has 1 aromatic heterocycles. The minimum atomic E-state index is -3.46. The van der Waals surface area contributed by atoms with Gasteiger partial charge in [0.05, 0.1) is 18.4 Å². The molecule has 6 nitrogen and oxygen atoms in total.